The van der Waals surface area contributed by atoms with Crippen LogP contribution >= 0.6 is 0 Å². The van der Waals surface area contributed by atoms with Gasteiger partial charge in [0.1, 0.15) is 0 Å². The average Bonchev–Trinajstić information content (AvgIpc) is 2.53. The van der Waals surface area contributed by atoms with Crippen LogP contribution in [0.4, 0.5) is 0 Å². The van der Waals surface area contributed by atoms with Crippen molar-refractivity contribution in [2.75, 3.05) is 26.9 Å². The zero-order valence-corrected chi connectivity index (χ0v) is 15.6. The second kappa shape index (κ2) is 9.50. The van der Waals surface area contributed by atoms with E-state index in [1.54, 1.807) is 20.8 Å². The van der Waals surface area contributed by atoms with E-state index in [0.717, 1.165) is 0 Å². The maximum atomic E-state index is 12.2. The van der Waals surface area contributed by atoms with Gasteiger partial charge >= 0.3 is 5.97 Å². The molecule has 1 rings (SSSR count). The highest BCUT2D eigenvalue weighted by Gasteiger charge is 2.19. The van der Waals surface area contributed by atoms with Crippen LogP contribution in [0.1, 0.15) is 29.8 Å². The van der Waals surface area contributed by atoms with E-state index in [1.807, 2.05) is 0 Å². The summed E-state index contributed by atoms with van der Waals surface area (Å²) in [6.45, 7) is 5.17. The van der Waals surface area contributed by atoms with Crippen LogP contribution in [0.2, 0.25) is 0 Å². The highest BCUT2D eigenvalue weighted by atomic mass is 32.2. The molecule has 0 aliphatic rings. The normalized spacial score (nSPS) is 12.5. The van der Waals surface area contributed by atoms with Crippen LogP contribution in [-0.4, -0.2) is 53.2 Å². The third-order valence-corrected chi connectivity index (χ3v) is 4.78. The van der Waals surface area contributed by atoms with Gasteiger partial charge in [-0.05, 0) is 31.5 Å². The molecule has 2 N–H and O–H groups in total. The number of amides is 1. The van der Waals surface area contributed by atoms with Crippen LogP contribution in [0.5, 0.6) is 0 Å². The maximum Gasteiger partial charge on any atom is 0.338 e. The van der Waals surface area contributed by atoms with Crippen LogP contribution in [-0.2, 0) is 24.3 Å². The lowest BCUT2D eigenvalue weighted by Crippen LogP contribution is -2.38. The second-order valence-corrected chi connectivity index (χ2v) is 7.25. The molecule has 140 valence electrons. The summed E-state index contributed by atoms with van der Waals surface area (Å²) < 4.78 is 36.3. The number of aryl methyl sites for hydroxylation is 1. The number of sulfonamides is 1. The first-order chi connectivity index (χ1) is 11.7. The van der Waals surface area contributed by atoms with Gasteiger partial charge in [0.25, 0.3) is 5.91 Å². The molecule has 1 aromatic rings. The zero-order chi connectivity index (χ0) is 19.0. The monoisotopic (exact) mass is 372 g/mol. The molecule has 1 unspecified atom stereocenters. The molecule has 8 nitrogen and oxygen atoms in total. The van der Waals surface area contributed by atoms with Gasteiger partial charge in [-0.1, -0.05) is 13.0 Å². The van der Waals surface area contributed by atoms with Crippen molar-refractivity contribution in [3.05, 3.63) is 29.3 Å². The maximum absolute atomic E-state index is 12.2. The number of esters is 1. The number of methoxy groups -OCH3 is 1. The Hall–Kier alpha value is -1.97. The predicted octanol–water partition coefficient (Wildman–Crippen LogP) is 0.601. The van der Waals surface area contributed by atoms with Gasteiger partial charge in [-0.3, -0.25) is 4.79 Å². The van der Waals surface area contributed by atoms with Gasteiger partial charge in [0, 0.05) is 19.7 Å². The van der Waals surface area contributed by atoms with E-state index in [-0.39, 0.29) is 23.0 Å². The summed E-state index contributed by atoms with van der Waals surface area (Å²) >= 11 is 0. The number of hydrogen-bond acceptors (Lipinski definition) is 6. The number of ether oxygens (including phenoxy) is 2. The topological polar surface area (TPSA) is 111 Å². The van der Waals surface area contributed by atoms with E-state index in [2.05, 4.69) is 10.0 Å². The number of rotatable bonds is 9. The molecular weight excluding hydrogens is 348 g/mol. The summed E-state index contributed by atoms with van der Waals surface area (Å²) in [6.07, 6.45) is 0. The van der Waals surface area contributed by atoms with Crippen LogP contribution in [0.3, 0.4) is 0 Å². The fourth-order valence-corrected chi connectivity index (χ4v) is 3.15. The molecular formula is C16H24N2O6S. The van der Waals surface area contributed by atoms with Gasteiger partial charge in [0.2, 0.25) is 10.0 Å². The summed E-state index contributed by atoms with van der Waals surface area (Å²) in [5.41, 5.74) is 0.644. The minimum absolute atomic E-state index is 0.0370. The van der Waals surface area contributed by atoms with E-state index in [9.17, 15) is 18.0 Å². The molecule has 0 aliphatic carbocycles. The lowest BCUT2D eigenvalue weighted by atomic mass is 10.1. The van der Waals surface area contributed by atoms with E-state index in [0.29, 0.717) is 12.2 Å². The van der Waals surface area contributed by atoms with E-state index in [1.165, 1.54) is 25.3 Å². The van der Waals surface area contributed by atoms with Crippen molar-refractivity contribution in [1.29, 1.82) is 0 Å². The lowest BCUT2D eigenvalue weighted by Gasteiger charge is -2.13. The van der Waals surface area contributed by atoms with Gasteiger partial charge in [0.05, 0.1) is 17.1 Å². The van der Waals surface area contributed by atoms with E-state index in [4.69, 9.17) is 9.47 Å². The highest BCUT2D eigenvalue weighted by Crippen LogP contribution is 2.16. The molecule has 0 aromatic heterocycles. The fraction of sp³-hybridized carbons (Fsp3) is 0.500. The Morgan fingerprint density at radius 2 is 1.96 bits per heavy atom. The molecule has 0 fully saturated rings. The van der Waals surface area contributed by atoms with E-state index < -0.39 is 28.5 Å². The number of benzene rings is 1. The van der Waals surface area contributed by atoms with Crippen molar-refractivity contribution in [2.45, 2.75) is 31.7 Å². The van der Waals surface area contributed by atoms with Gasteiger partial charge in [0.15, 0.2) is 6.61 Å². The molecule has 0 saturated heterocycles. The largest absolute Gasteiger partial charge is 0.452 e. The molecule has 25 heavy (non-hydrogen) atoms. The Labute approximate surface area is 147 Å². The quantitative estimate of drug-likeness (QED) is 0.614. The van der Waals surface area contributed by atoms with Crippen LogP contribution in [0, 0.1) is 6.92 Å². The molecule has 0 aliphatic heterocycles. The third kappa shape index (κ3) is 6.45. The van der Waals surface area contributed by atoms with Gasteiger partial charge in [-0.15, -0.1) is 0 Å². The van der Waals surface area contributed by atoms with Crippen molar-refractivity contribution >= 4 is 21.9 Å². The molecule has 1 amide bonds. The first-order valence-electron chi connectivity index (χ1n) is 7.77. The molecule has 1 aromatic carbocycles. The van der Waals surface area contributed by atoms with Gasteiger partial charge in [-0.2, -0.15) is 0 Å². The van der Waals surface area contributed by atoms with Crippen molar-refractivity contribution in [3.8, 4) is 0 Å². The third-order valence-electron chi connectivity index (χ3n) is 3.23. The van der Waals surface area contributed by atoms with Crippen molar-refractivity contribution < 1.29 is 27.5 Å². The smallest absolute Gasteiger partial charge is 0.338 e. The van der Waals surface area contributed by atoms with Crippen molar-refractivity contribution in [3.63, 3.8) is 0 Å². The Balaban J connectivity index is 2.80. The van der Waals surface area contributed by atoms with E-state index >= 15 is 0 Å². The SMILES string of the molecule is CCNS(=O)(=O)c1ccc(C)c(C(=O)OCC(=O)NC(C)COC)c1. The molecule has 0 saturated carbocycles. The number of carbonyl (C=O) groups excluding carboxylic acids is 2. The lowest BCUT2D eigenvalue weighted by molar-refractivity contribution is -0.125. The van der Waals surface area contributed by atoms with Gasteiger partial charge < -0.3 is 14.8 Å². The summed E-state index contributed by atoms with van der Waals surface area (Å²) in [4.78, 5) is 23.8. The molecule has 0 radical (unpaired) electrons. The Kier molecular flexibility index (Phi) is 8.01. The highest BCUT2D eigenvalue weighted by molar-refractivity contribution is 7.89. The minimum Gasteiger partial charge on any atom is -0.452 e. The predicted molar refractivity (Wildman–Crippen MR) is 91.8 cm³/mol. The molecule has 9 heteroatoms. The summed E-state index contributed by atoms with van der Waals surface area (Å²) in [6, 6.07) is 3.94. The first-order valence-corrected chi connectivity index (χ1v) is 9.25. The first kappa shape index (κ1) is 21.1. The van der Waals surface area contributed by atoms with Crippen LogP contribution in [0.25, 0.3) is 0 Å². The van der Waals surface area contributed by atoms with Crippen LogP contribution in [0.15, 0.2) is 23.1 Å². The second-order valence-electron chi connectivity index (χ2n) is 5.48. The molecule has 1 atom stereocenters. The average molecular weight is 372 g/mol. The van der Waals surface area contributed by atoms with Crippen LogP contribution < -0.4 is 10.0 Å². The van der Waals surface area contributed by atoms with Gasteiger partial charge in [-0.25, -0.2) is 17.9 Å². The summed E-state index contributed by atoms with van der Waals surface area (Å²) in [7, 11) is -2.17. The van der Waals surface area contributed by atoms with Crippen molar-refractivity contribution in [2.24, 2.45) is 0 Å². The number of nitrogens with one attached hydrogen (secondary N) is 2. The zero-order valence-electron chi connectivity index (χ0n) is 14.8. The summed E-state index contributed by atoms with van der Waals surface area (Å²) in [5.74, 6) is -1.23. The number of carbonyl (C=O) groups is 2. The minimum atomic E-state index is -3.69. The van der Waals surface area contributed by atoms with Crippen molar-refractivity contribution in [1.82, 2.24) is 10.0 Å². The summed E-state index contributed by atoms with van der Waals surface area (Å²) in [5, 5.41) is 2.61. The fourth-order valence-electron chi connectivity index (χ4n) is 2.08. The molecule has 0 bridgehead atoms. The Morgan fingerprint density at radius 3 is 2.56 bits per heavy atom. The standard InChI is InChI=1S/C16H24N2O6S/c1-5-17-25(21,22)13-7-6-11(2)14(8-13)16(20)24-10-15(19)18-12(3)9-23-4/h6-8,12,17H,5,9-10H2,1-4H3,(H,18,19). The Morgan fingerprint density at radius 1 is 1.28 bits per heavy atom. The number of hydrogen-bond donors (Lipinski definition) is 2. The Bertz CT molecular complexity index is 717. The molecule has 0 heterocycles. The molecule has 0 spiro atoms.